The van der Waals surface area contributed by atoms with Crippen molar-refractivity contribution in [3.8, 4) is 0 Å². The number of nitrogens with zero attached hydrogens (tertiary/aromatic N) is 1. The third-order valence-corrected chi connectivity index (χ3v) is 3.17. The SMILES string of the molecule is CC(=O)c1c[nH]c(C(=O)N2CCCC2CO)c1. The number of carbonyl (C=O) groups is 2. The second kappa shape index (κ2) is 4.71. The van der Waals surface area contributed by atoms with Gasteiger partial charge in [-0.2, -0.15) is 0 Å². The topological polar surface area (TPSA) is 73.4 Å². The Kier molecular flexibility index (Phi) is 3.28. The number of hydrogen-bond donors (Lipinski definition) is 2. The molecule has 5 heteroatoms. The van der Waals surface area contributed by atoms with Gasteiger partial charge in [-0.15, -0.1) is 0 Å². The first-order chi connectivity index (χ1) is 8.13. The van der Waals surface area contributed by atoms with Crippen LogP contribution in [0.3, 0.4) is 0 Å². The lowest BCUT2D eigenvalue weighted by molar-refractivity contribution is 0.0672. The number of Topliss-reactive ketones (excluding diaryl/α,β-unsaturated/α-hetero) is 1. The lowest BCUT2D eigenvalue weighted by Gasteiger charge is -2.22. The molecular formula is C12H16N2O3. The Bertz CT molecular complexity index is 439. The molecule has 0 radical (unpaired) electrons. The van der Waals surface area contributed by atoms with Crippen LogP contribution in [0.25, 0.3) is 0 Å². The van der Waals surface area contributed by atoms with Gasteiger partial charge >= 0.3 is 0 Å². The molecule has 1 saturated heterocycles. The molecule has 1 amide bonds. The van der Waals surface area contributed by atoms with Gasteiger partial charge in [0.15, 0.2) is 5.78 Å². The largest absolute Gasteiger partial charge is 0.394 e. The van der Waals surface area contributed by atoms with Crippen LogP contribution >= 0.6 is 0 Å². The molecule has 0 bridgehead atoms. The van der Waals surface area contributed by atoms with Gasteiger partial charge in [-0.05, 0) is 25.8 Å². The molecular weight excluding hydrogens is 220 g/mol. The third-order valence-electron chi connectivity index (χ3n) is 3.17. The molecule has 1 atom stereocenters. The normalized spacial score (nSPS) is 19.6. The third kappa shape index (κ3) is 2.24. The molecule has 2 rings (SSSR count). The predicted octanol–water partition coefficient (Wildman–Crippen LogP) is 0.814. The number of aliphatic hydroxyl groups excluding tert-OH is 1. The summed E-state index contributed by atoms with van der Waals surface area (Å²) < 4.78 is 0. The van der Waals surface area contributed by atoms with Gasteiger partial charge in [-0.25, -0.2) is 0 Å². The molecule has 1 unspecified atom stereocenters. The first-order valence-electron chi connectivity index (χ1n) is 5.74. The maximum absolute atomic E-state index is 12.1. The van der Waals surface area contributed by atoms with Crippen LogP contribution in [0, 0.1) is 0 Å². The highest BCUT2D eigenvalue weighted by molar-refractivity contribution is 5.99. The lowest BCUT2D eigenvalue weighted by atomic mass is 10.2. The standard InChI is InChI=1S/C12H16N2O3/c1-8(16)9-5-11(13-6-9)12(17)14-4-2-3-10(14)7-15/h5-6,10,13,15H,2-4,7H2,1H3. The average molecular weight is 236 g/mol. The molecule has 0 spiro atoms. The van der Waals surface area contributed by atoms with Gasteiger partial charge in [0.2, 0.25) is 0 Å². The van der Waals surface area contributed by atoms with Crippen molar-refractivity contribution in [3.63, 3.8) is 0 Å². The van der Waals surface area contributed by atoms with Crippen molar-refractivity contribution in [2.75, 3.05) is 13.2 Å². The summed E-state index contributed by atoms with van der Waals surface area (Å²) in [5, 5.41) is 9.17. The molecule has 1 aromatic heterocycles. The molecule has 1 aromatic rings. The minimum atomic E-state index is -0.144. The number of carbonyl (C=O) groups excluding carboxylic acids is 2. The summed E-state index contributed by atoms with van der Waals surface area (Å²) in [4.78, 5) is 27.7. The summed E-state index contributed by atoms with van der Waals surface area (Å²) >= 11 is 0. The summed E-state index contributed by atoms with van der Waals surface area (Å²) in [6.07, 6.45) is 3.29. The van der Waals surface area contributed by atoms with Crippen LogP contribution in [0.4, 0.5) is 0 Å². The molecule has 17 heavy (non-hydrogen) atoms. The summed E-state index contributed by atoms with van der Waals surface area (Å²) in [7, 11) is 0. The van der Waals surface area contributed by atoms with E-state index in [-0.39, 0.29) is 24.3 Å². The van der Waals surface area contributed by atoms with E-state index in [1.54, 1.807) is 17.2 Å². The fourth-order valence-corrected chi connectivity index (χ4v) is 2.17. The lowest BCUT2D eigenvalue weighted by Crippen LogP contribution is -2.37. The second-order valence-electron chi connectivity index (χ2n) is 4.34. The smallest absolute Gasteiger partial charge is 0.270 e. The van der Waals surface area contributed by atoms with Gasteiger partial charge in [-0.3, -0.25) is 9.59 Å². The van der Waals surface area contributed by atoms with Crippen molar-refractivity contribution >= 4 is 11.7 Å². The van der Waals surface area contributed by atoms with Gasteiger partial charge < -0.3 is 15.0 Å². The van der Waals surface area contributed by atoms with Crippen molar-refractivity contribution in [2.45, 2.75) is 25.8 Å². The molecule has 0 aliphatic carbocycles. The van der Waals surface area contributed by atoms with E-state index < -0.39 is 0 Å². The number of ketones is 1. The number of H-pyrrole nitrogens is 1. The van der Waals surface area contributed by atoms with Crippen molar-refractivity contribution in [1.82, 2.24) is 9.88 Å². The summed E-state index contributed by atoms with van der Waals surface area (Å²) in [6, 6.07) is 1.48. The Morgan fingerprint density at radius 3 is 2.94 bits per heavy atom. The molecule has 92 valence electrons. The molecule has 1 aliphatic rings. The number of likely N-dealkylation sites (tertiary alicyclic amines) is 1. The molecule has 0 saturated carbocycles. The first-order valence-corrected chi connectivity index (χ1v) is 5.74. The average Bonchev–Trinajstić information content (AvgIpc) is 2.96. The summed E-state index contributed by atoms with van der Waals surface area (Å²) in [5.41, 5.74) is 0.920. The number of aromatic amines is 1. The molecule has 0 aromatic carbocycles. The van der Waals surface area contributed by atoms with Crippen LogP contribution in [0.15, 0.2) is 12.3 Å². The van der Waals surface area contributed by atoms with Gasteiger partial charge in [-0.1, -0.05) is 0 Å². The highest BCUT2D eigenvalue weighted by Gasteiger charge is 2.29. The molecule has 2 heterocycles. The van der Waals surface area contributed by atoms with E-state index in [9.17, 15) is 9.59 Å². The van der Waals surface area contributed by atoms with Crippen LogP contribution in [0.5, 0.6) is 0 Å². The fourth-order valence-electron chi connectivity index (χ4n) is 2.17. The highest BCUT2D eigenvalue weighted by Crippen LogP contribution is 2.19. The van der Waals surface area contributed by atoms with Crippen LogP contribution < -0.4 is 0 Å². The number of nitrogens with one attached hydrogen (secondary N) is 1. The van der Waals surface area contributed by atoms with Crippen molar-refractivity contribution in [1.29, 1.82) is 0 Å². The monoisotopic (exact) mass is 236 g/mol. The Hall–Kier alpha value is -1.62. The number of rotatable bonds is 3. The summed E-state index contributed by atoms with van der Waals surface area (Å²) in [6.45, 7) is 2.12. The molecule has 2 N–H and O–H groups in total. The fraction of sp³-hybridized carbons (Fsp3) is 0.500. The minimum Gasteiger partial charge on any atom is -0.394 e. The van der Waals surface area contributed by atoms with Crippen LogP contribution in [0.1, 0.15) is 40.6 Å². The summed E-state index contributed by atoms with van der Waals surface area (Å²) in [5.74, 6) is -0.213. The zero-order valence-electron chi connectivity index (χ0n) is 9.77. The van der Waals surface area contributed by atoms with E-state index in [2.05, 4.69) is 4.98 Å². The molecule has 5 nitrogen and oxygen atoms in total. The van der Waals surface area contributed by atoms with E-state index in [0.717, 1.165) is 12.8 Å². The van der Waals surface area contributed by atoms with Gasteiger partial charge in [0, 0.05) is 18.3 Å². The van der Waals surface area contributed by atoms with Gasteiger partial charge in [0.25, 0.3) is 5.91 Å². The van der Waals surface area contributed by atoms with Crippen molar-refractivity contribution in [2.24, 2.45) is 0 Å². The second-order valence-corrected chi connectivity index (χ2v) is 4.34. The van der Waals surface area contributed by atoms with Crippen molar-refractivity contribution in [3.05, 3.63) is 23.5 Å². The van der Waals surface area contributed by atoms with E-state index in [1.807, 2.05) is 0 Å². The van der Waals surface area contributed by atoms with E-state index in [0.29, 0.717) is 17.8 Å². The number of amides is 1. The quantitative estimate of drug-likeness (QED) is 0.763. The number of aliphatic hydroxyl groups is 1. The van der Waals surface area contributed by atoms with E-state index in [4.69, 9.17) is 5.11 Å². The Morgan fingerprint density at radius 1 is 1.59 bits per heavy atom. The Balaban J connectivity index is 2.16. The number of aromatic nitrogens is 1. The van der Waals surface area contributed by atoms with E-state index >= 15 is 0 Å². The zero-order chi connectivity index (χ0) is 12.4. The van der Waals surface area contributed by atoms with Gasteiger partial charge in [0.05, 0.1) is 12.6 Å². The maximum atomic E-state index is 12.1. The van der Waals surface area contributed by atoms with Crippen LogP contribution in [-0.2, 0) is 0 Å². The minimum absolute atomic E-state index is 0.00792. The maximum Gasteiger partial charge on any atom is 0.270 e. The first kappa shape index (κ1) is 11.9. The predicted molar refractivity (Wildman–Crippen MR) is 61.9 cm³/mol. The number of hydrogen-bond acceptors (Lipinski definition) is 3. The Labute approximate surface area is 99.4 Å². The Morgan fingerprint density at radius 2 is 2.35 bits per heavy atom. The van der Waals surface area contributed by atoms with Gasteiger partial charge in [0.1, 0.15) is 5.69 Å². The van der Waals surface area contributed by atoms with E-state index in [1.165, 1.54) is 6.92 Å². The zero-order valence-corrected chi connectivity index (χ0v) is 9.77. The van der Waals surface area contributed by atoms with Crippen LogP contribution in [0.2, 0.25) is 0 Å². The van der Waals surface area contributed by atoms with Crippen LogP contribution in [-0.4, -0.2) is 45.9 Å². The van der Waals surface area contributed by atoms with Crippen molar-refractivity contribution < 1.29 is 14.7 Å². The molecule has 1 fully saturated rings. The highest BCUT2D eigenvalue weighted by atomic mass is 16.3. The molecule has 1 aliphatic heterocycles.